The van der Waals surface area contributed by atoms with Crippen LogP contribution in [0.25, 0.3) is 0 Å². The van der Waals surface area contributed by atoms with Crippen molar-refractivity contribution in [2.24, 2.45) is 22.2 Å². The average molecular weight is 177 g/mol. The molecule has 0 spiro atoms. The van der Waals surface area contributed by atoms with Gasteiger partial charge >= 0.3 is 0 Å². The van der Waals surface area contributed by atoms with Crippen molar-refractivity contribution in [3.05, 3.63) is 23.9 Å². The maximum absolute atomic E-state index is 3.94. The van der Waals surface area contributed by atoms with E-state index in [9.17, 15) is 0 Å². The Kier molecular flexibility index (Phi) is 2.74. The van der Waals surface area contributed by atoms with Crippen LogP contribution in [0.2, 0.25) is 0 Å². The number of hydrogen-bond acceptors (Lipinski definition) is 1. The summed E-state index contributed by atoms with van der Waals surface area (Å²) in [5.41, 5.74) is 1.34. The Labute approximate surface area is 81.3 Å². The summed E-state index contributed by atoms with van der Waals surface area (Å²) in [4.78, 5) is 3.94. The molecule has 0 heterocycles. The summed E-state index contributed by atoms with van der Waals surface area (Å²) in [6.45, 7) is 12.6. The van der Waals surface area contributed by atoms with Gasteiger partial charge in [-0.15, -0.1) is 0 Å². The molecular weight excluding hydrogens is 158 g/mol. The average Bonchev–Trinajstić information content (AvgIpc) is 2.01. The van der Waals surface area contributed by atoms with Crippen molar-refractivity contribution < 1.29 is 0 Å². The van der Waals surface area contributed by atoms with Gasteiger partial charge in [0.15, 0.2) is 0 Å². The molecule has 1 rings (SSSR count). The summed E-state index contributed by atoms with van der Waals surface area (Å²) in [5.74, 6) is 1.17. The van der Waals surface area contributed by atoms with Crippen LogP contribution in [0.4, 0.5) is 0 Å². The third kappa shape index (κ3) is 2.30. The Bertz CT molecular complexity index is 253. The lowest BCUT2D eigenvalue weighted by Gasteiger charge is -2.33. The van der Waals surface area contributed by atoms with Gasteiger partial charge in [0, 0.05) is 0 Å². The second kappa shape index (κ2) is 3.49. The van der Waals surface area contributed by atoms with Crippen molar-refractivity contribution >= 4 is 6.72 Å². The van der Waals surface area contributed by atoms with Gasteiger partial charge in [-0.3, -0.25) is 4.99 Å². The molecule has 0 saturated heterocycles. The molecule has 0 aromatic heterocycles. The summed E-state index contributed by atoms with van der Waals surface area (Å²) in [6.07, 6.45) is 6.53. The van der Waals surface area contributed by atoms with Crippen LogP contribution in [0.15, 0.2) is 28.9 Å². The highest BCUT2D eigenvalue weighted by atomic mass is 14.7. The van der Waals surface area contributed by atoms with Crippen molar-refractivity contribution in [2.45, 2.75) is 27.7 Å². The number of rotatable bonds is 1. The van der Waals surface area contributed by atoms with E-state index in [2.05, 4.69) is 57.6 Å². The highest BCUT2D eigenvalue weighted by molar-refractivity contribution is 5.35. The van der Waals surface area contributed by atoms with Gasteiger partial charge in [0.1, 0.15) is 0 Å². The molecule has 0 amide bonds. The van der Waals surface area contributed by atoms with Crippen molar-refractivity contribution in [1.29, 1.82) is 0 Å². The molecule has 1 aliphatic carbocycles. The van der Waals surface area contributed by atoms with E-state index in [1.54, 1.807) is 0 Å². The zero-order valence-corrected chi connectivity index (χ0v) is 9.04. The first kappa shape index (κ1) is 10.2. The Morgan fingerprint density at radius 1 is 1.38 bits per heavy atom. The second-order valence-corrected chi connectivity index (χ2v) is 4.86. The molecule has 2 atom stereocenters. The molecule has 1 aliphatic rings. The Balaban J connectivity index is 2.83. The van der Waals surface area contributed by atoms with E-state index in [0.29, 0.717) is 17.3 Å². The Morgan fingerprint density at radius 3 is 2.38 bits per heavy atom. The van der Waals surface area contributed by atoms with E-state index in [-0.39, 0.29) is 0 Å². The SMILES string of the molecule is C=NC1=CC(C)C(C(C)(C)C)C=C1. The zero-order chi connectivity index (χ0) is 10.1. The van der Waals surface area contributed by atoms with Gasteiger partial charge in [-0.05, 0) is 30.0 Å². The largest absolute Gasteiger partial charge is 0.265 e. The van der Waals surface area contributed by atoms with E-state index in [0.717, 1.165) is 5.70 Å². The predicted molar refractivity (Wildman–Crippen MR) is 58.9 cm³/mol. The molecule has 2 unspecified atom stereocenters. The molecule has 0 saturated carbocycles. The van der Waals surface area contributed by atoms with E-state index in [4.69, 9.17) is 0 Å². The molecule has 0 aromatic carbocycles. The third-order valence-corrected chi connectivity index (χ3v) is 2.66. The van der Waals surface area contributed by atoms with E-state index < -0.39 is 0 Å². The topological polar surface area (TPSA) is 12.4 Å². The maximum Gasteiger partial charge on any atom is 0.0582 e. The monoisotopic (exact) mass is 177 g/mol. The van der Waals surface area contributed by atoms with E-state index in [1.807, 2.05) is 0 Å². The third-order valence-electron chi connectivity index (χ3n) is 2.66. The predicted octanol–water partition coefficient (Wildman–Crippen LogP) is 3.44. The van der Waals surface area contributed by atoms with Crippen LogP contribution < -0.4 is 0 Å². The quantitative estimate of drug-likeness (QED) is 0.544. The number of allylic oxidation sites excluding steroid dienone is 3. The minimum atomic E-state index is 0.332. The fraction of sp³-hybridized carbons (Fsp3) is 0.583. The first-order valence-electron chi connectivity index (χ1n) is 4.82. The lowest BCUT2D eigenvalue weighted by molar-refractivity contribution is 0.243. The van der Waals surface area contributed by atoms with Crippen LogP contribution in [0.1, 0.15) is 27.7 Å². The van der Waals surface area contributed by atoms with Crippen LogP contribution in [0.5, 0.6) is 0 Å². The van der Waals surface area contributed by atoms with Gasteiger partial charge in [0.05, 0.1) is 5.70 Å². The summed E-state index contributed by atoms with van der Waals surface area (Å²) in [7, 11) is 0. The van der Waals surface area contributed by atoms with Crippen LogP contribution in [-0.2, 0) is 0 Å². The Morgan fingerprint density at radius 2 is 2.00 bits per heavy atom. The standard InChI is InChI=1S/C12H19N/c1-9-8-10(13-5)6-7-11(9)12(2,3)4/h6-9,11H,5H2,1-4H3. The number of aliphatic imine (C=N–C) groups is 1. The van der Waals surface area contributed by atoms with Crippen molar-refractivity contribution in [2.75, 3.05) is 0 Å². The van der Waals surface area contributed by atoms with Gasteiger partial charge in [-0.1, -0.05) is 39.8 Å². The zero-order valence-electron chi connectivity index (χ0n) is 9.04. The van der Waals surface area contributed by atoms with Gasteiger partial charge in [0.25, 0.3) is 0 Å². The molecule has 1 nitrogen and oxygen atoms in total. The highest BCUT2D eigenvalue weighted by Crippen LogP contribution is 2.36. The molecule has 0 aliphatic heterocycles. The minimum absolute atomic E-state index is 0.332. The normalized spacial score (nSPS) is 28.5. The fourth-order valence-corrected chi connectivity index (χ4v) is 1.99. The number of nitrogens with zero attached hydrogens (tertiary/aromatic N) is 1. The molecule has 1 heteroatoms. The number of hydrogen-bond donors (Lipinski definition) is 0. The second-order valence-electron chi connectivity index (χ2n) is 4.86. The van der Waals surface area contributed by atoms with Crippen molar-refractivity contribution in [3.8, 4) is 0 Å². The molecule has 0 aromatic rings. The molecule has 0 N–H and O–H groups in total. The van der Waals surface area contributed by atoms with E-state index in [1.165, 1.54) is 0 Å². The lowest BCUT2D eigenvalue weighted by atomic mass is 9.72. The van der Waals surface area contributed by atoms with E-state index >= 15 is 0 Å². The van der Waals surface area contributed by atoms with Gasteiger partial charge < -0.3 is 0 Å². The highest BCUT2D eigenvalue weighted by Gasteiger charge is 2.28. The Hall–Kier alpha value is -0.850. The maximum atomic E-state index is 3.94. The molecule has 0 fully saturated rings. The van der Waals surface area contributed by atoms with Gasteiger partial charge in [-0.2, -0.15) is 0 Å². The molecule has 72 valence electrons. The summed E-state index contributed by atoms with van der Waals surface area (Å²) in [5, 5.41) is 0. The van der Waals surface area contributed by atoms with Crippen LogP contribution in [0, 0.1) is 17.3 Å². The first-order valence-corrected chi connectivity index (χ1v) is 4.82. The summed E-state index contributed by atoms with van der Waals surface area (Å²) >= 11 is 0. The van der Waals surface area contributed by atoms with Crippen LogP contribution >= 0.6 is 0 Å². The molecule has 0 radical (unpaired) electrons. The van der Waals surface area contributed by atoms with Crippen LogP contribution in [0.3, 0.4) is 0 Å². The molecular formula is C12H19N. The first-order chi connectivity index (χ1) is 5.95. The van der Waals surface area contributed by atoms with Crippen molar-refractivity contribution in [3.63, 3.8) is 0 Å². The van der Waals surface area contributed by atoms with Crippen LogP contribution in [-0.4, -0.2) is 6.72 Å². The van der Waals surface area contributed by atoms with Gasteiger partial charge in [-0.25, -0.2) is 0 Å². The molecule has 13 heavy (non-hydrogen) atoms. The smallest absolute Gasteiger partial charge is 0.0582 e. The fourth-order valence-electron chi connectivity index (χ4n) is 1.99. The van der Waals surface area contributed by atoms with Crippen molar-refractivity contribution in [1.82, 2.24) is 0 Å². The summed E-state index contributed by atoms with van der Waals surface area (Å²) in [6, 6.07) is 0. The van der Waals surface area contributed by atoms with Gasteiger partial charge in [0.2, 0.25) is 0 Å². The molecule has 0 bridgehead atoms. The lowest BCUT2D eigenvalue weighted by Crippen LogP contribution is -2.25. The minimum Gasteiger partial charge on any atom is -0.265 e. The summed E-state index contributed by atoms with van der Waals surface area (Å²) < 4.78 is 0.